The van der Waals surface area contributed by atoms with Crippen LogP contribution < -0.4 is 0 Å². The second-order valence-electron chi connectivity index (χ2n) is 6.48. The van der Waals surface area contributed by atoms with E-state index in [1.807, 2.05) is 42.5 Å². The molecule has 0 spiro atoms. The van der Waals surface area contributed by atoms with Crippen molar-refractivity contribution in [1.29, 1.82) is 0 Å². The standard InChI is InChI=1S/C25H25NO/c27-20-10-19-26(21-23-13-6-2-7-14-23)25(24-15-8-3-9-16-24)18-17-22-11-4-1-5-12-22/h1-9,11-16,25,27H,10,19-21H2. The molecule has 3 rings (SSSR count). The Morgan fingerprint density at radius 2 is 1.37 bits per heavy atom. The molecular weight excluding hydrogens is 330 g/mol. The van der Waals surface area contributed by atoms with Crippen LogP contribution in [-0.2, 0) is 6.54 Å². The second-order valence-corrected chi connectivity index (χ2v) is 6.48. The highest BCUT2D eigenvalue weighted by atomic mass is 16.3. The van der Waals surface area contributed by atoms with Crippen LogP contribution in [0.4, 0.5) is 0 Å². The molecule has 0 aliphatic carbocycles. The smallest absolute Gasteiger partial charge is 0.0977 e. The number of aliphatic hydroxyl groups is 1. The zero-order valence-corrected chi connectivity index (χ0v) is 15.5. The molecule has 0 heterocycles. The molecule has 3 aromatic carbocycles. The summed E-state index contributed by atoms with van der Waals surface area (Å²) in [7, 11) is 0. The lowest BCUT2D eigenvalue weighted by atomic mass is 10.0. The molecule has 0 aliphatic heterocycles. The van der Waals surface area contributed by atoms with Gasteiger partial charge in [-0.05, 0) is 29.7 Å². The minimum absolute atomic E-state index is 0.0295. The normalized spacial score (nSPS) is 11.6. The van der Waals surface area contributed by atoms with E-state index < -0.39 is 0 Å². The van der Waals surface area contributed by atoms with Crippen molar-refractivity contribution in [3.63, 3.8) is 0 Å². The minimum atomic E-state index is -0.0295. The van der Waals surface area contributed by atoms with Gasteiger partial charge in [0.1, 0.15) is 0 Å². The third kappa shape index (κ3) is 5.82. The Kier molecular flexibility index (Phi) is 7.24. The molecule has 0 saturated carbocycles. The third-order valence-corrected chi connectivity index (χ3v) is 4.44. The summed E-state index contributed by atoms with van der Waals surface area (Å²) in [6.07, 6.45) is 0.725. The van der Waals surface area contributed by atoms with Crippen molar-refractivity contribution in [3.8, 4) is 11.8 Å². The maximum absolute atomic E-state index is 9.38. The third-order valence-electron chi connectivity index (χ3n) is 4.44. The van der Waals surface area contributed by atoms with Gasteiger partial charge < -0.3 is 5.11 Å². The molecular formula is C25H25NO. The summed E-state index contributed by atoms with van der Waals surface area (Å²) in [6.45, 7) is 1.76. The highest BCUT2D eigenvalue weighted by Crippen LogP contribution is 2.23. The first kappa shape index (κ1) is 18.9. The quantitative estimate of drug-likeness (QED) is 0.623. The van der Waals surface area contributed by atoms with Crippen molar-refractivity contribution < 1.29 is 5.11 Å². The Morgan fingerprint density at radius 3 is 2.00 bits per heavy atom. The number of rotatable bonds is 7. The van der Waals surface area contributed by atoms with Crippen LogP contribution in [0.15, 0.2) is 91.0 Å². The molecule has 0 amide bonds. The topological polar surface area (TPSA) is 23.5 Å². The lowest BCUT2D eigenvalue weighted by Gasteiger charge is -2.28. The molecule has 0 saturated heterocycles. The van der Waals surface area contributed by atoms with Crippen molar-refractivity contribution in [2.45, 2.75) is 19.0 Å². The number of benzene rings is 3. The number of nitrogens with zero attached hydrogens (tertiary/aromatic N) is 1. The molecule has 1 atom stereocenters. The van der Waals surface area contributed by atoms with Crippen LogP contribution in [0.5, 0.6) is 0 Å². The summed E-state index contributed by atoms with van der Waals surface area (Å²) in [5.74, 6) is 6.81. The van der Waals surface area contributed by atoms with E-state index in [4.69, 9.17) is 0 Å². The minimum Gasteiger partial charge on any atom is -0.396 e. The molecule has 0 aliphatic rings. The number of hydrogen-bond donors (Lipinski definition) is 1. The highest BCUT2D eigenvalue weighted by molar-refractivity contribution is 5.37. The van der Waals surface area contributed by atoms with E-state index in [0.29, 0.717) is 0 Å². The summed E-state index contributed by atoms with van der Waals surface area (Å²) in [5.41, 5.74) is 3.44. The van der Waals surface area contributed by atoms with Crippen molar-refractivity contribution in [2.75, 3.05) is 13.2 Å². The molecule has 2 nitrogen and oxygen atoms in total. The largest absolute Gasteiger partial charge is 0.396 e. The molecule has 0 bridgehead atoms. The zero-order valence-electron chi connectivity index (χ0n) is 15.5. The van der Waals surface area contributed by atoms with Crippen molar-refractivity contribution >= 4 is 0 Å². The fraction of sp³-hybridized carbons (Fsp3) is 0.200. The predicted molar refractivity (Wildman–Crippen MR) is 111 cm³/mol. The van der Waals surface area contributed by atoms with Gasteiger partial charge in [0.15, 0.2) is 0 Å². The van der Waals surface area contributed by atoms with Gasteiger partial charge in [-0.2, -0.15) is 0 Å². The maximum atomic E-state index is 9.38. The van der Waals surface area contributed by atoms with Gasteiger partial charge in [-0.15, -0.1) is 0 Å². The van der Waals surface area contributed by atoms with E-state index in [0.717, 1.165) is 25.1 Å². The summed E-state index contributed by atoms with van der Waals surface area (Å²) < 4.78 is 0. The maximum Gasteiger partial charge on any atom is 0.0977 e. The van der Waals surface area contributed by atoms with Crippen molar-refractivity contribution in [2.24, 2.45) is 0 Å². The summed E-state index contributed by atoms with van der Waals surface area (Å²) in [6, 6.07) is 30.9. The Bertz CT molecular complexity index is 850. The van der Waals surface area contributed by atoms with E-state index in [-0.39, 0.29) is 12.6 Å². The van der Waals surface area contributed by atoms with Crippen LogP contribution in [0.25, 0.3) is 0 Å². The van der Waals surface area contributed by atoms with E-state index in [1.165, 1.54) is 11.1 Å². The highest BCUT2D eigenvalue weighted by Gasteiger charge is 2.18. The van der Waals surface area contributed by atoms with Crippen LogP contribution in [0.3, 0.4) is 0 Å². The lowest BCUT2D eigenvalue weighted by Crippen LogP contribution is -2.29. The SMILES string of the molecule is OCCCN(Cc1ccccc1)C(C#Cc1ccccc1)c1ccccc1. The van der Waals surface area contributed by atoms with Gasteiger partial charge in [0.25, 0.3) is 0 Å². The lowest BCUT2D eigenvalue weighted by molar-refractivity contribution is 0.195. The predicted octanol–water partition coefficient (Wildman–Crippen LogP) is 4.66. The number of aliphatic hydroxyl groups excluding tert-OH is 1. The van der Waals surface area contributed by atoms with E-state index in [9.17, 15) is 5.11 Å². The van der Waals surface area contributed by atoms with Crippen LogP contribution in [0, 0.1) is 11.8 Å². The Balaban J connectivity index is 1.93. The average molecular weight is 355 g/mol. The van der Waals surface area contributed by atoms with Crippen LogP contribution >= 0.6 is 0 Å². The number of hydrogen-bond acceptors (Lipinski definition) is 2. The van der Waals surface area contributed by atoms with Crippen LogP contribution in [0.2, 0.25) is 0 Å². The van der Waals surface area contributed by atoms with Gasteiger partial charge in [0, 0.05) is 25.3 Å². The average Bonchev–Trinajstić information content (AvgIpc) is 2.74. The summed E-state index contributed by atoms with van der Waals surface area (Å²) in [4.78, 5) is 2.34. The van der Waals surface area contributed by atoms with Gasteiger partial charge in [-0.1, -0.05) is 90.7 Å². The molecule has 1 unspecified atom stereocenters. The first-order valence-electron chi connectivity index (χ1n) is 9.37. The van der Waals surface area contributed by atoms with Crippen LogP contribution in [0.1, 0.15) is 29.2 Å². The monoisotopic (exact) mass is 355 g/mol. The summed E-state index contributed by atoms with van der Waals surface area (Å²) in [5, 5.41) is 9.38. The fourth-order valence-corrected chi connectivity index (χ4v) is 3.09. The second kappa shape index (κ2) is 10.3. The Labute approximate surface area is 162 Å². The van der Waals surface area contributed by atoms with E-state index in [2.05, 4.69) is 65.3 Å². The van der Waals surface area contributed by atoms with Crippen molar-refractivity contribution in [3.05, 3.63) is 108 Å². The molecule has 3 aromatic rings. The van der Waals surface area contributed by atoms with Gasteiger partial charge in [0.05, 0.1) is 6.04 Å². The molecule has 0 fully saturated rings. The van der Waals surface area contributed by atoms with E-state index in [1.54, 1.807) is 0 Å². The first-order valence-corrected chi connectivity index (χ1v) is 9.37. The molecule has 2 heteroatoms. The Morgan fingerprint density at radius 1 is 0.778 bits per heavy atom. The zero-order chi connectivity index (χ0) is 18.7. The molecule has 27 heavy (non-hydrogen) atoms. The van der Waals surface area contributed by atoms with E-state index >= 15 is 0 Å². The van der Waals surface area contributed by atoms with Crippen LogP contribution in [-0.4, -0.2) is 23.2 Å². The van der Waals surface area contributed by atoms with Gasteiger partial charge in [-0.3, -0.25) is 4.90 Å². The molecule has 1 N–H and O–H groups in total. The Hall–Kier alpha value is -2.86. The summed E-state index contributed by atoms with van der Waals surface area (Å²) >= 11 is 0. The molecule has 0 aromatic heterocycles. The van der Waals surface area contributed by atoms with Gasteiger partial charge in [-0.25, -0.2) is 0 Å². The fourth-order valence-electron chi connectivity index (χ4n) is 3.09. The molecule has 0 radical (unpaired) electrons. The molecule has 136 valence electrons. The van der Waals surface area contributed by atoms with Crippen molar-refractivity contribution in [1.82, 2.24) is 4.90 Å². The van der Waals surface area contributed by atoms with Gasteiger partial charge in [0.2, 0.25) is 0 Å². The first-order chi connectivity index (χ1) is 13.4. The van der Waals surface area contributed by atoms with Gasteiger partial charge >= 0.3 is 0 Å².